The number of likely N-dealkylation sites (tertiary alicyclic amines) is 1. The van der Waals surface area contributed by atoms with Gasteiger partial charge in [0.2, 0.25) is 5.91 Å². The van der Waals surface area contributed by atoms with Gasteiger partial charge in [-0.2, -0.15) is 0 Å². The molecule has 2 atom stereocenters. The maximum atomic E-state index is 13.6. The first-order valence-electron chi connectivity index (χ1n) is 15.1. The van der Waals surface area contributed by atoms with Crippen LogP contribution in [0.2, 0.25) is 0 Å². The molecule has 5 aromatic rings. The van der Waals surface area contributed by atoms with Crippen LogP contribution >= 0.6 is 0 Å². The Morgan fingerprint density at radius 1 is 1.02 bits per heavy atom. The number of carbonyl (C=O) groups excluding carboxylic acids is 2. The van der Waals surface area contributed by atoms with Crippen LogP contribution in [0, 0.1) is 11.8 Å². The second kappa shape index (κ2) is 9.69. The lowest BCUT2D eigenvalue weighted by Crippen LogP contribution is -2.37. The predicted molar refractivity (Wildman–Crippen MR) is 165 cm³/mol. The molecule has 3 fully saturated rings. The molecule has 2 N–H and O–H groups in total. The molecule has 8 rings (SSSR count). The highest BCUT2D eigenvalue weighted by Gasteiger charge is 2.40. The SMILES string of the molecule is COc1cc(C(=O)N2CC3CCC2C3)cc2nc(-c3cc4ccc(-c5ccccc5C(N)=O)nc4n3CC3CC3)n(C)c12. The quantitative estimate of drug-likeness (QED) is 0.280. The van der Waals surface area contributed by atoms with Crippen molar-refractivity contribution in [1.82, 2.24) is 24.0 Å². The first-order valence-corrected chi connectivity index (χ1v) is 15.1. The molecule has 2 aromatic carbocycles. The van der Waals surface area contributed by atoms with E-state index in [4.69, 9.17) is 20.4 Å². The smallest absolute Gasteiger partial charge is 0.254 e. The molecule has 2 aliphatic carbocycles. The number of hydrogen-bond acceptors (Lipinski definition) is 5. The van der Waals surface area contributed by atoms with Crippen LogP contribution < -0.4 is 10.5 Å². The van der Waals surface area contributed by atoms with Crippen molar-refractivity contribution in [3.05, 3.63) is 65.7 Å². The van der Waals surface area contributed by atoms with Gasteiger partial charge >= 0.3 is 0 Å². The van der Waals surface area contributed by atoms with Crippen molar-refractivity contribution in [2.75, 3.05) is 13.7 Å². The number of nitrogens with two attached hydrogens (primary N) is 1. The van der Waals surface area contributed by atoms with Crippen LogP contribution in [0.4, 0.5) is 0 Å². The number of primary amides is 1. The van der Waals surface area contributed by atoms with E-state index in [2.05, 4.69) is 15.2 Å². The van der Waals surface area contributed by atoms with Crippen molar-refractivity contribution >= 4 is 33.9 Å². The molecular formula is C34H34N6O3. The van der Waals surface area contributed by atoms with Crippen LogP contribution in [-0.2, 0) is 13.6 Å². The average Bonchev–Trinajstić information content (AvgIpc) is 3.31. The normalized spacial score (nSPS) is 19.5. The van der Waals surface area contributed by atoms with Crippen molar-refractivity contribution in [3.8, 4) is 28.5 Å². The molecule has 9 nitrogen and oxygen atoms in total. The molecule has 2 saturated carbocycles. The van der Waals surface area contributed by atoms with Gasteiger partial charge in [0.1, 0.15) is 16.9 Å². The first-order chi connectivity index (χ1) is 20.9. The predicted octanol–water partition coefficient (Wildman–Crippen LogP) is 5.40. The largest absolute Gasteiger partial charge is 0.494 e. The summed E-state index contributed by atoms with van der Waals surface area (Å²) in [6.45, 7) is 1.67. The molecule has 0 radical (unpaired) electrons. The van der Waals surface area contributed by atoms with E-state index in [1.807, 2.05) is 54.4 Å². The fourth-order valence-corrected chi connectivity index (χ4v) is 7.29. The van der Waals surface area contributed by atoms with Crippen molar-refractivity contribution in [2.45, 2.75) is 44.7 Å². The Hall–Kier alpha value is -4.66. The third-order valence-electron chi connectivity index (χ3n) is 9.65. The molecule has 2 amide bonds. The summed E-state index contributed by atoms with van der Waals surface area (Å²) in [5.74, 6) is 2.23. The summed E-state index contributed by atoms with van der Waals surface area (Å²) < 4.78 is 10.2. The van der Waals surface area contributed by atoms with Crippen molar-refractivity contribution in [3.63, 3.8) is 0 Å². The van der Waals surface area contributed by atoms with Gasteiger partial charge in [-0.25, -0.2) is 9.97 Å². The summed E-state index contributed by atoms with van der Waals surface area (Å²) in [5, 5.41) is 0.995. The van der Waals surface area contributed by atoms with Crippen LogP contribution in [0.3, 0.4) is 0 Å². The summed E-state index contributed by atoms with van der Waals surface area (Å²) in [6, 6.07) is 17.6. The number of hydrogen-bond donors (Lipinski definition) is 1. The Morgan fingerprint density at radius 2 is 1.86 bits per heavy atom. The molecule has 2 unspecified atom stereocenters. The number of aryl methyl sites for hydroxylation is 1. The molecule has 0 spiro atoms. The minimum absolute atomic E-state index is 0.0652. The molecule has 218 valence electrons. The second-order valence-corrected chi connectivity index (χ2v) is 12.4. The van der Waals surface area contributed by atoms with Gasteiger partial charge in [0.15, 0.2) is 5.82 Å². The number of pyridine rings is 1. The van der Waals surface area contributed by atoms with E-state index in [-0.39, 0.29) is 5.91 Å². The molecule has 43 heavy (non-hydrogen) atoms. The zero-order valence-corrected chi connectivity index (χ0v) is 24.4. The van der Waals surface area contributed by atoms with E-state index < -0.39 is 5.91 Å². The number of piperidine rings is 1. The number of aromatic nitrogens is 4. The molecule has 9 heteroatoms. The monoisotopic (exact) mass is 574 g/mol. The Morgan fingerprint density at radius 3 is 2.58 bits per heavy atom. The fraction of sp³-hybridized carbons (Fsp3) is 0.353. The second-order valence-electron chi connectivity index (χ2n) is 12.4. The van der Waals surface area contributed by atoms with E-state index >= 15 is 0 Å². The third-order valence-corrected chi connectivity index (χ3v) is 9.65. The average molecular weight is 575 g/mol. The number of nitrogens with zero attached hydrogens (tertiary/aromatic N) is 5. The minimum Gasteiger partial charge on any atom is -0.494 e. The van der Waals surface area contributed by atoms with Gasteiger partial charge in [-0.15, -0.1) is 0 Å². The van der Waals surface area contributed by atoms with Gasteiger partial charge in [0.05, 0.1) is 24.0 Å². The molecule has 2 bridgehead atoms. The van der Waals surface area contributed by atoms with E-state index in [1.165, 1.54) is 19.3 Å². The maximum absolute atomic E-state index is 13.6. The first kappa shape index (κ1) is 26.0. The zero-order valence-electron chi connectivity index (χ0n) is 24.4. The highest BCUT2D eigenvalue weighted by molar-refractivity contribution is 6.01. The van der Waals surface area contributed by atoms with E-state index in [9.17, 15) is 9.59 Å². The summed E-state index contributed by atoms with van der Waals surface area (Å²) in [5.41, 5.74) is 11.6. The highest BCUT2D eigenvalue weighted by atomic mass is 16.5. The number of fused-ring (bicyclic) bond motifs is 4. The number of benzene rings is 2. The molecule has 1 aliphatic heterocycles. The molecule has 3 aromatic heterocycles. The number of methoxy groups -OCH3 is 1. The molecule has 3 aliphatic rings. The lowest BCUT2D eigenvalue weighted by molar-refractivity contribution is 0.0703. The molecule has 1 saturated heterocycles. The summed E-state index contributed by atoms with van der Waals surface area (Å²) >= 11 is 0. The van der Waals surface area contributed by atoms with Gasteiger partial charge < -0.3 is 24.5 Å². The van der Waals surface area contributed by atoms with Crippen LogP contribution in [0.1, 0.15) is 52.8 Å². The minimum atomic E-state index is -0.477. The number of ether oxygens (including phenoxy) is 1. The third kappa shape index (κ3) is 4.20. The van der Waals surface area contributed by atoms with Crippen molar-refractivity contribution in [2.24, 2.45) is 24.6 Å². The van der Waals surface area contributed by atoms with Crippen LogP contribution in [-0.4, -0.2) is 55.5 Å². The number of imidazole rings is 1. The van der Waals surface area contributed by atoms with Crippen molar-refractivity contribution < 1.29 is 14.3 Å². The Kier molecular flexibility index (Phi) is 5.86. The van der Waals surface area contributed by atoms with Gasteiger partial charge in [0.25, 0.3) is 5.91 Å². The van der Waals surface area contributed by atoms with Gasteiger partial charge in [-0.1, -0.05) is 18.2 Å². The van der Waals surface area contributed by atoms with Gasteiger partial charge in [0, 0.05) is 48.3 Å². The van der Waals surface area contributed by atoms with Crippen LogP contribution in [0.25, 0.3) is 44.8 Å². The van der Waals surface area contributed by atoms with Crippen LogP contribution in [0.15, 0.2) is 54.6 Å². The summed E-state index contributed by atoms with van der Waals surface area (Å²) in [7, 11) is 3.64. The Labute approximate surface area is 249 Å². The van der Waals surface area contributed by atoms with Crippen molar-refractivity contribution in [1.29, 1.82) is 0 Å². The zero-order chi connectivity index (χ0) is 29.4. The lowest BCUT2D eigenvalue weighted by atomic mass is 10.0. The topological polar surface area (TPSA) is 108 Å². The number of rotatable bonds is 7. The Balaban J connectivity index is 1.26. The molecule has 4 heterocycles. The maximum Gasteiger partial charge on any atom is 0.254 e. The number of carbonyl (C=O) groups is 2. The molecular weight excluding hydrogens is 540 g/mol. The number of amides is 2. The Bertz CT molecular complexity index is 1950. The summed E-state index contributed by atoms with van der Waals surface area (Å²) in [4.78, 5) is 38.0. The van der Waals surface area contributed by atoms with Crippen LogP contribution in [0.5, 0.6) is 5.75 Å². The van der Waals surface area contributed by atoms with Gasteiger partial charge in [-0.05, 0) is 80.3 Å². The summed E-state index contributed by atoms with van der Waals surface area (Å²) in [6.07, 6.45) is 5.81. The van der Waals surface area contributed by atoms with Gasteiger partial charge in [-0.3, -0.25) is 9.59 Å². The van der Waals surface area contributed by atoms with E-state index in [1.54, 1.807) is 13.2 Å². The standard InChI is InChI=1S/C34H34N6O3/c1-38-30-27(14-22(16-29(30)43-2)34(42)39-18-20-9-11-23(39)13-20)37-33(38)28-15-21-10-12-26(24-5-3-4-6-25(24)31(35)41)36-32(21)40(28)17-19-7-8-19/h3-6,10,12,14-16,19-20,23H,7-9,11,13,17-18H2,1-2H3,(H2,35,41). The fourth-order valence-electron chi connectivity index (χ4n) is 7.29. The lowest BCUT2D eigenvalue weighted by Gasteiger charge is -2.27. The van der Waals surface area contributed by atoms with E-state index in [0.29, 0.717) is 46.0 Å². The van der Waals surface area contributed by atoms with E-state index in [0.717, 1.165) is 59.5 Å². The highest BCUT2D eigenvalue weighted by Crippen LogP contribution is 2.40.